The van der Waals surface area contributed by atoms with Crippen LogP contribution in [0.4, 0.5) is 0 Å². The zero-order valence-electron chi connectivity index (χ0n) is 11.1. The SMILES string of the molecule is CN1CCCC2CN(S(=O)(=O)c3cnc[nH]3)CCC21. The molecule has 106 valence electrons. The van der Waals surface area contributed by atoms with Gasteiger partial charge in [-0.1, -0.05) is 0 Å². The fraction of sp³-hybridized carbons (Fsp3) is 0.750. The summed E-state index contributed by atoms with van der Waals surface area (Å²) < 4.78 is 26.5. The maximum Gasteiger partial charge on any atom is 0.260 e. The summed E-state index contributed by atoms with van der Waals surface area (Å²) in [4.78, 5) is 8.89. The largest absolute Gasteiger partial charge is 0.335 e. The lowest BCUT2D eigenvalue weighted by atomic mass is 9.85. The first kappa shape index (κ1) is 13.1. The molecule has 2 unspecified atom stereocenters. The van der Waals surface area contributed by atoms with Crippen LogP contribution in [-0.4, -0.2) is 60.3 Å². The minimum atomic E-state index is -3.39. The number of H-pyrrole nitrogens is 1. The first-order valence-electron chi connectivity index (χ1n) is 6.78. The average molecular weight is 284 g/mol. The summed E-state index contributed by atoms with van der Waals surface area (Å²) in [6.45, 7) is 2.37. The quantitative estimate of drug-likeness (QED) is 0.859. The molecule has 2 atom stereocenters. The molecule has 3 rings (SSSR count). The molecule has 0 saturated carbocycles. The summed E-state index contributed by atoms with van der Waals surface area (Å²) >= 11 is 0. The molecular formula is C12H20N4O2S. The van der Waals surface area contributed by atoms with E-state index >= 15 is 0 Å². The van der Waals surface area contributed by atoms with E-state index in [0.717, 1.165) is 25.8 Å². The number of aromatic amines is 1. The van der Waals surface area contributed by atoms with Crippen LogP contribution in [0.3, 0.4) is 0 Å². The van der Waals surface area contributed by atoms with Gasteiger partial charge in [-0.05, 0) is 38.8 Å². The molecule has 0 aromatic carbocycles. The van der Waals surface area contributed by atoms with E-state index in [1.165, 1.54) is 12.5 Å². The number of sulfonamides is 1. The van der Waals surface area contributed by atoms with Gasteiger partial charge >= 0.3 is 0 Å². The van der Waals surface area contributed by atoms with Crippen LogP contribution in [0.1, 0.15) is 19.3 Å². The summed E-state index contributed by atoms with van der Waals surface area (Å²) in [5.41, 5.74) is 0. The second-order valence-corrected chi connectivity index (χ2v) is 7.42. The zero-order chi connectivity index (χ0) is 13.5. The fourth-order valence-electron chi connectivity index (χ4n) is 3.36. The maximum atomic E-state index is 12.4. The smallest absolute Gasteiger partial charge is 0.260 e. The highest BCUT2D eigenvalue weighted by Gasteiger charge is 2.38. The second kappa shape index (κ2) is 4.88. The number of fused-ring (bicyclic) bond motifs is 1. The fourth-order valence-corrected chi connectivity index (χ4v) is 4.77. The van der Waals surface area contributed by atoms with Crippen LogP contribution in [0, 0.1) is 5.92 Å². The predicted octanol–water partition coefficient (Wildman–Crippen LogP) is 0.515. The minimum absolute atomic E-state index is 0.204. The van der Waals surface area contributed by atoms with Gasteiger partial charge in [-0.25, -0.2) is 13.4 Å². The number of imidazole rings is 1. The van der Waals surface area contributed by atoms with Crippen LogP contribution in [0.25, 0.3) is 0 Å². The van der Waals surface area contributed by atoms with Gasteiger partial charge in [0.1, 0.15) is 0 Å². The zero-order valence-corrected chi connectivity index (χ0v) is 11.9. The molecule has 1 aromatic rings. The molecule has 2 aliphatic rings. The summed E-state index contributed by atoms with van der Waals surface area (Å²) in [7, 11) is -1.24. The standard InChI is InChI=1S/C12H20N4O2S/c1-15-5-2-3-10-8-16(6-4-11(10)15)19(17,18)12-7-13-9-14-12/h7,9-11H,2-6,8H2,1H3,(H,13,14). The molecule has 0 amide bonds. The van der Waals surface area contributed by atoms with Crippen molar-refractivity contribution >= 4 is 10.0 Å². The predicted molar refractivity (Wildman–Crippen MR) is 71.1 cm³/mol. The average Bonchev–Trinajstić information content (AvgIpc) is 2.93. The summed E-state index contributed by atoms with van der Waals surface area (Å²) in [6, 6.07) is 0.543. The molecule has 0 aliphatic carbocycles. The topological polar surface area (TPSA) is 69.3 Å². The minimum Gasteiger partial charge on any atom is -0.335 e. The van der Waals surface area contributed by atoms with Crippen molar-refractivity contribution in [1.29, 1.82) is 0 Å². The van der Waals surface area contributed by atoms with Gasteiger partial charge in [0.2, 0.25) is 0 Å². The number of hydrogen-bond donors (Lipinski definition) is 1. The monoisotopic (exact) mass is 284 g/mol. The summed E-state index contributed by atoms with van der Waals surface area (Å²) in [5, 5.41) is 0.204. The van der Waals surface area contributed by atoms with Gasteiger partial charge in [0.05, 0.1) is 12.5 Å². The Bertz CT molecular complexity index is 528. The van der Waals surface area contributed by atoms with E-state index in [1.807, 2.05) is 0 Å². The van der Waals surface area contributed by atoms with Crippen molar-refractivity contribution in [3.8, 4) is 0 Å². The Labute approximate surface area is 113 Å². The lowest BCUT2D eigenvalue weighted by Gasteiger charge is -2.45. The van der Waals surface area contributed by atoms with Gasteiger partial charge in [0.15, 0.2) is 5.03 Å². The highest BCUT2D eigenvalue weighted by atomic mass is 32.2. The van der Waals surface area contributed by atoms with Gasteiger partial charge in [-0.2, -0.15) is 4.31 Å². The Morgan fingerprint density at radius 3 is 2.95 bits per heavy atom. The molecule has 0 spiro atoms. The van der Waals surface area contributed by atoms with Crippen LogP contribution < -0.4 is 0 Å². The summed E-state index contributed by atoms with van der Waals surface area (Å²) in [5.74, 6) is 0.463. The third-order valence-corrected chi connectivity index (χ3v) is 6.19. The summed E-state index contributed by atoms with van der Waals surface area (Å²) in [6.07, 6.45) is 6.01. The molecule has 0 bridgehead atoms. The van der Waals surface area contributed by atoms with Gasteiger partial charge in [-0.15, -0.1) is 0 Å². The van der Waals surface area contributed by atoms with Crippen LogP contribution in [0.15, 0.2) is 17.6 Å². The van der Waals surface area contributed by atoms with Crippen molar-refractivity contribution in [2.45, 2.75) is 30.3 Å². The Morgan fingerprint density at radius 2 is 2.21 bits per heavy atom. The van der Waals surface area contributed by atoms with Crippen molar-refractivity contribution in [1.82, 2.24) is 19.2 Å². The molecule has 2 saturated heterocycles. The van der Waals surface area contributed by atoms with E-state index in [9.17, 15) is 8.42 Å². The van der Waals surface area contributed by atoms with Crippen molar-refractivity contribution < 1.29 is 8.42 Å². The van der Waals surface area contributed by atoms with E-state index in [1.54, 1.807) is 4.31 Å². The van der Waals surface area contributed by atoms with E-state index in [-0.39, 0.29) is 5.03 Å². The molecule has 19 heavy (non-hydrogen) atoms. The third-order valence-electron chi connectivity index (χ3n) is 4.40. The lowest BCUT2D eigenvalue weighted by Crippen LogP contribution is -2.53. The number of rotatable bonds is 2. The molecular weight excluding hydrogens is 264 g/mol. The van der Waals surface area contributed by atoms with Gasteiger partial charge in [0, 0.05) is 19.1 Å². The number of likely N-dealkylation sites (tertiary alicyclic amines) is 1. The third kappa shape index (κ3) is 2.30. The number of piperidine rings is 2. The van der Waals surface area contributed by atoms with E-state index in [0.29, 0.717) is 25.0 Å². The highest BCUT2D eigenvalue weighted by Crippen LogP contribution is 2.31. The second-order valence-electron chi connectivity index (χ2n) is 5.52. The Morgan fingerprint density at radius 1 is 1.37 bits per heavy atom. The Balaban J connectivity index is 1.78. The number of nitrogens with zero attached hydrogens (tertiary/aromatic N) is 3. The lowest BCUT2D eigenvalue weighted by molar-refractivity contribution is 0.0670. The Kier molecular flexibility index (Phi) is 3.36. The molecule has 1 N–H and O–H groups in total. The molecule has 2 fully saturated rings. The number of hydrogen-bond acceptors (Lipinski definition) is 4. The first-order valence-corrected chi connectivity index (χ1v) is 8.22. The molecule has 0 radical (unpaired) electrons. The normalized spacial score (nSPS) is 30.2. The maximum absolute atomic E-state index is 12.4. The van der Waals surface area contributed by atoms with Gasteiger partial charge in [0.25, 0.3) is 10.0 Å². The van der Waals surface area contributed by atoms with Crippen LogP contribution in [0.5, 0.6) is 0 Å². The van der Waals surface area contributed by atoms with Crippen molar-refractivity contribution in [2.75, 3.05) is 26.7 Å². The Hall–Kier alpha value is -0.920. The van der Waals surface area contributed by atoms with Crippen molar-refractivity contribution in [2.24, 2.45) is 5.92 Å². The molecule has 6 nitrogen and oxygen atoms in total. The van der Waals surface area contributed by atoms with E-state index < -0.39 is 10.0 Å². The van der Waals surface area contributed by atoms with E-state index in [2.05, 4.69) is 21.9 Å². The molecule has 1 aromatic heterocycles. The first-order chi connectivity index (χ1) is 9.09. The van der Waals surface area contributed by atoms with Crippen LogP contribution in [0.2, 0.25) is 0 Å². The van der Waals surface area contributed by atoms with Crippen LogP contribution in [-0.2, 0) is 10.0 Å². The van der Waals surface area contributed by atoms with Crippen LogP contribution >= 0.6 is 0 Å². The molecule has 2 aliphatic heterocycles. The number of aromatic nitrogens is 2. The van der Waals surface area contributed by atoms with Gasteiger partial charge < -0.3 is 9.88 Å². The molecule has 7 heteroatoms. The number of nitrogens with one attached hydrogen (secondary N) is 1. The van der Waals surface area contributed by atoms with Crippen molar-refractivity contribution in [3.63, 3.8) is 0 Å². The van der Waals surface area contributed by atoms with E-state index in [4.69, 9.17) is 0 Å². The highest BCUT2D eigenvalue weighted by molar-refractivity contribution is 7.89. The molecule has 3 heterocycles. The van der Waals surface area contributed by atoms with Crippen molar-refractivity contribution in [3.05, 3.63) is 12.5 Å². The van der Waals surface area contributed by atoms with Gasteiger partial charge in [-0.3, -0.25) is 0 Å².